The Hall–Kier alpha value is -2.92. The molecule has 1 N–H and O–H groups in total. The number of hydrogen-bond donors (Lipinski definition) is 1. The zero-order valence-corrected chi connectivity index (χ0v) is 15.7. The molecule has 0 bridgehead atoms. The first-order valence-corrected chi connectivity index (χ1v) is 9.22. The highest BCUT2D eigenvalue weighted by molar-refractivity contribution is 6.05. The second-order valence-electron chi connectivity index (χ2n) is 6.95. The van der Waals surface area contributed by atoms with Gasteiger partial charge < -0.3 is 15.0 Å². The fourth-order valence-electron chi connectivity index (χ4n) is 3.40. The zero-order chi connectivity index (χ0) is 18.8. The largest absolute Gasteiger partial charge is 0.378 e. The normalized spacial score (nSPS) is 14.4. The second-order valence-corrected chi connectivity index (χ2v) is 6.95. The minimum atomic E-state index is -0.103. The molecule has 0 radical (unpaired) electrons. The summed E-state index contributed by atoms with van der Waals surface area (Å²) in [6, 6.07) is 15.6. The van der Waals surface area contributed by atoms with E-state index in [1.54, 1.807) is 0 Å². The molecule has 0 unspecified atom stereocenters. The Labute approximate surface area is 159 Å². The zero-order valence-electron chi connectivity index (χ0n) is 15.7. The average molecular weight is 361 g/mol. The van der Waals surface area contributed by atoms with Crippen molar-refractivity contribution in [1.29, 1.82) is 0 Å². The van der Waals surface area contributed by atoms with Crippen LogP contribution in [0.25, 0.3) is 10.9 Å². The van der Waals surface area contributed by atoms with Crippen LogP contribution in [0.5, 0.6) is 0 Å². The second kappa shape index (κ2) is 7.37. The highest BCUT2D eigenvalue weighted by Gasteiger charge is 2.14. The van der Waals surface area contributed by atoms with Gasteiger partial charge in [-0.3, -0.25) is 4.79 Å². The molecule has 1 fully saturated rings. The van der Waals surface area contributed by atoms with Crippen molar-refractivity contribution in [2.75, 3.05) is 36.5 Å². The summed E-state index contributed by atoms with van der Waals surface area (Å²) in [6.45, 7) is 7.27. The summed E-state index contributed by atoms with van der Waals surface area (Å²) in [5.41, 5.74) is 4.58. The van der Waals surface area contributed by atoms with Gasteiger partial charge in [0.1, 0.15) is 5.82 Å². The molecule has 27 heavy (non-hydrogen) atoms. The molecule has 0 spiro atoms. The van der Waals surface area contributed by atoms with Crippen molar-refractivity contribution in [3.8, 4) is 0 Å². The highest BCUT2D eigenvalue weighted by atomic mass is 16.5. The van der Waals surface area contributed by atoms with Crippen LogP contribution in [-0.4, -0.2) is 37.2 Å². The summed E-state index contributed by atoms with van der Waals surface area (Å²) in [5.74, 6) is 0.883. The van der Waals surface area contributed by atoms with Gasteiger partial charge in [0.15, 0.2) is 0 Å². The number of amides is 1. The SMILES string of the molecule is Cc1cccc(C(=O)Nc2ccc3nc(N4CCOCC4)cc(C)c3c2)c1. The lowest BCUT2D eigenvalue weighted by atomic mass is 10.1. The molecule has 3 aromatic rings. The van der Waals surface area contributed by atoms with Gasteiger partial charge in [0.05, 0.1) is 18.7 Å². The number of rotatable bonds is 3. The predicted octanol–water partition coefficient (Wildman–Crippen LogP) is 3.94. The Morgan fingerprint density at radius 2 is 1.89 bits per heavy atom. The van der Waals surface area contributed by atoms with Crippen molar-refractivity contribution in [3.05, 3.63) is 65.2 Å². The fraction of sp³-hybridized carbons (Fsp3) is 0.273. The van der Waals surface area contributed by atoms with E-state index in [4.69, 9.17) is 9.72 Å². The lowest BCUT2D eigenvalue weighted by Gasteiger charge is -2.28. The lowest BCUT2D eigenvalue weighted by molar-refractivity contribution is 0.102. The Morgan fingerprint density at radius 1 is 1.07 bits per heavy atom. The van der Waals surface area contributed by atoms with Crippen molar-refractivity contribution in [1.82, 2.24) is 4.98 Å². The van der Waals surface area contributed by atoms with Gasteiger partial charge in [0, 0.05) is 29.7 Å². The number of nitrogens with one attached hydrogen (secondary N) is 1. The van der Waals surface area contributed by atoms with Gasteiger partial charge in [0.25, 0.3) is 5.91 Å². The van der Waals surface area contributed by atoms with E-state index in [-0.39, 0.29) is 5.91 Å². The highest BCUT2D eigenvalue weighted by Crippen LogP contribution is 2.26. The van der Waals surface area contributed by atoms with Crippen molar-refractivity contribution < 1.29 is 9.53 Å². The van der Waals surface area contributed by atoms with Crippen molar-refractivity contribution in [3.63, 3.8) is 0 Å². The molecule has 0 saturated carbocycles. The van der Waals surface area contributed by atoms with Crippen LogP contribution in [-0.2, 0) is 4.74 Å². The third-order valence-electron chi connectivity index (χ3n) is 4.88. The predicted molar refractivity (Wildman–Crippen MR) is 109 cm³/mol. The third kappa shape index (κ3) is 3.78. The van der Waals surface area contributed by atoms with Crippen LogP contribution >= 0.6 is 0 Å². The molecule has 0 aliphatic carbocycles. The first-order chi connectivity index (χ1) is 13.1. The number of fused-ring (bicyclic) bond motifs is 1. The summed E-state index contributed by atoms with van der Waals surface area (Å²) in [4.78, 5) is 19.6. The summed E-state index contributed by atoms with van der Waals surface area (Å²) >= 11 is 0. The molecule has 1 aliphatic heterocycles. The topological polar surface area (TPSA) is 54.5 Å². The summed E-state index contributed by atoms with van der Waals surface area (Å²) in [5, 5.41) is 4.04. The number of pyridine rings is 1. The number of benzene rings is 2. The van der Waals surface area contributed by atoms with Gasteiger partial charge in [0.2, 0.25) is 0 Å². The quantitative estimate of drug-likeness (QED) is 0.768. The molecule has 4 rings (SSSR count). The molecule has 5 nitrogen and oxygen atoms in total. The minimum Gasteiger partial charge on any atom is -0.378 e. The van der Waals surface area contributed by atoms with Crippen LogP contribution < -0.4 is 10.2 Å². The smallest absolute Gasteiger partial charge is 0.255 e. The molecular formula is C22H23N3O2. The van der Waals surface area contributed by atoms with Crippen LogP contribution in [0, 0.1) is 13.8 Å². The molecule has 5 heteroatoms. The van der Waals surface area contributed by atoms with Crippen molar-refractivity contribution in [2.24, 2.45) is 0 Å². The van der Waals surface area contributed by atoms with E-state index >= 15 is 0 Å². The maximum Gasteiger partial charge on any atom is 0.255 e. The van der Waals surface area contributed by atoms with Crippen LogP contribution in [0.1, 0.15) is 21.5 Å². The average Bonchev–Trinajstić information content (AvgIpc) is 2.69. The van der Waals surface area contributed by atoms with Gasteiger partial charge >= 0.3 is 0 Å². The van der Waals surface area contributed by atoms with Gasteiger partial charge in [-0.1, -0.05) is 17.7 Å². The number of anilines is 2. The van der Waals surface area contributed by atoms with E-state index in [0.29, 0.717) is 5.56 Å². The molecule has 1 aromatic heterocycles. The summed E-state index contributed by atoms with van der Waals surface area (Å²) in [7, 11) is 0. The monoisotopic (exact) mass is 361 g/mol. The first kappa shape index (κ1) is 17.5. The Morgan fingerprint density at radius 3 is 2.67 bits per heavy atom. The van der Waals surface area contributed by atoms with E-state index < -0.39 is 0 Å². The van der Waals surface area contributed by atoms with Crippen molar-refractivity contribution in [2.45, 2.75) is 13.8 Å². The Bertz CT molecular complexity index is 994. The maximum absolute atomic E-state index is 12.5. The van der Waals surface area contributed by atoms with E-state index in [0.717, 1.165) is 59.8 Å². The van der Waals surface area contributed by atoms with Gasteiger partial charge in [-0.25, -0.2) is 4.98 Å². The van der Waals surface area contributed by atoms with Crippen LogP contribution in [0.3, 0.4) is 0 Å². The molecule has 0 atom stereocenters. The van der Waals surface area contributed by atoms with Crippen LogP contribution in [0.2, 0.25) is 0 Å². The molecule has 1 aliphatic rings. The number of aryl methyl sites for hydroxylation is 2. The first-order valence-electron chi connectivity index (χ1n) is 9.22. The molecule has 1 saturated heterocycles. The number of carbonyl (C=O) groups is 1. The fourth-order valence-corrected chi connectivity index (χ4v) is 3.40. The van der Waals surface area contributed by atoms with Gasteiger partial charge in [-0.15, -0.1) is 0 Å². The van der Waals surface area contributed by atoms with E-state index in [1.165, 1.54) is 0 Å². The maximum atomic E-state index is 12.5. The summed E-state index contributed by atoms with van der Waals surface area (Å²) < 4.78 is 5.43. The molecule has 1 amide bonds. The number of morpholine rings is 1. The Balaban J connectivity index is 1.60. The molecule has 2 aromatic carbocycles. The van der Waals surface area contributed by atoms with Gasteiger partial charge in [-0.05, 0) is 55.8 Å². The standard InChI is InChI=1S/C22H23N3O2/c1-15-4-3-5-17(12-15)22(26)23-18-6-7-20-19(14-18)16(2)13-21(24-20)25-8-10-27-11-9-25/h3-7,12-14H,8-11H2,1-2H3,(H,23,26). The molecule has 2 heterocycles. The van der Waals surface area contributed by atoms with E-state index in [2.05, 4.69) is 23.2 Å². The molecular weight excluding hydrogens is 338 g/mol. The van der Waals surface area contributed by atoms with Crippen molar-refractivity contribution >= 4 is 28.3 Å². The molecule has 138 valence electrons. The third-order valence-corrected chi connectivity index (χ3v) is 4.88. The minimum absolute atomic E-state index is 0.103. The summed E-state index contributed by atoms with van der Waals surface area (Å²) in [6.07, 6.45) is 0. The van der Waals surface area contributed by atoms with E-state index in [1.807, 2.05) is 49.4 Å². The number of aromatic nitrogens is 1. The number of carbonyl (C=O) groups excluding carboxylic acids is 1. The lowest BCUT2D eigenvalue weighted by Crippen LogP contribution is -2.36. The van der Waals surface area contributed by atoms with Crippen LogP contribution in [0.15, 0.2) is 48.5 Å². The Kier molecular flexibility index (Phi) is 4.77. The van der Waals surface area contributed by atoms with Crippen LogP contribution in [0.4, 0.5) is 11.5 Å². The number of hydrogen-bond acceptors (Lipinski definition) is 4. The van der Waals surface area contributed by atoms with E-state index in [9.17, 15) is 4.79 Å². The van der Waals surface area contributed by atoms with Gasteiger partial charge in [-0.2, -0.15) is 0 Å². The number of ether oxygens (including phenoxy) is 1. The number of nitrogens with zero attached hydrogens (tertiary/aromatic N) is 2.